The fraction of sp³-hybridized carbons (Fsp3) is 0.182. The van der Waals surface area contributed by atoms with Crippen molar-refractivity contribution in [1.82, 2.24) is 0 Å². The van der Waals surface area contributed by atoms with Gasteiger partial charge in [0.1, 0.15) is 0 Å². The summed E-state index contributed by atoms with van der Waals surface area (Å²) in [6.45, 7) is 1.85. The molecule has 0 bridgehead atoms. The summed E-state index contributed by atoms with van der Waals surface area (Å²) < 4.78 is 11.5. The maximum atomic E-state index is 10.8. The molecular formula is C11H9BrO3. The molecule has 0 radical (unpaired) electrons. The molecule has 2 aromatic rings. The summed E-state index contributed by atoms with van der Waals surface area (Å²) in [5.74, 6) is 0.972. The van der Waals surface area contributed by atoms with Gasteiger partial charge in [0.2, 0.25) is 0 Å². The molecule has 0 saturated heterocycles. The van der Waals surface area contributed by atoms with Crippen LogP contribution in [0.2, 0.25) is 0 Å². The van der Waals surface area contributed by atoms with Crippen LogP contribution >= 0.6 is 15.9 Å². The minimum atomic E-state index is 0.343. The minimum absolute atomic E-state index is 0.343. The number of methoxy groups -OCH3 is 1. The van der Waals surface area contributed by atoms with E-state index in [9.17, 15) is 4.79 Å². The van der Waals surface area contributed by atoms with Crippen LogP contribution in [0.3, 0.4) is 0 Å². The van der Waals surface area contributed by atoms with Crippen LogP contribution in [0.5, 0.6) is 5.75 Å². The van der Waals surface area contributed by atoms with Gasteiger partial charge in [0.05, 0.1) is 7.11 Å². The van der Waals surface area contributed by atoms with Crippen molar-refractivity contribution in [2.75, 3.05) is 7.11 Å². The number of aldehydes is 1. The molecule has 0 aliphatic heterocycles. The second-order valence-corrected chi connectivity index (χ2v) is 4.02. The topological polar surface area (TPSA) is 39.4 Å². The molecular weight excluding hydrogens is 260 g/mol. The summed E-state index contributed by atoms with van der Waals surface area (Å²) in [6.07, 6.45) is 0.710. The summed E-state index contributed by atoms with van der Waals surface area (Å²) in [5.41, 5.74) is 1.43. The largest absolute Gasteiger partial charge is 0.493 e. The van der Waals surface area contributed by atoms with Gasteiger partial charge in [0, 0.05) is 15.4 Å². The van der Waals surface area contributed by atoms with Crippen molar-refractivity contribution in [3.05, 3.63) is 27.9 Å². The highest BCUT2D eigenvalue weighted by Gasteiger charge is 2.15. The van der Waals surface area contributed by atoms with Crippen molar-refractivity contribution < 1.29 is 13.9 Å². The summed E-state index contributed by atoms with van der Waals surface area (Å²) in [7, 11) is 1.57. The fourth-order valence-electron chi connectivity index (χ4n) is 1.57. The maximum absolute atomic E-state index is 10.8. The van der Waals surface area contributed by atoms with E-state index in [0.717, 1.165) is 15.4 Å². The molecule has 2 rings (SSSR count). The van der Waals surface area contributed by atoms with Crippen LogP contribution in [0.15, 0.2) is 21.0 Å². The first-order valence-corrected chi connectivity index (χ1v) is 5.19. The molecule has 0 spiro atoms. The molecule has 1 aromatic carbocycles. The predicted octanol–water partition coefficient (Wildman–Crippen LogP) is 3.32. The Morgan fingerprint density at radius 1 is 1.47 bits per heavy atom. The van der Waals surface area contributed by atoms with Crippen molar-refractivity contribution in [3.8, 4) is 5.75 Å². The molecule has 0 saturated carbocycles. The lowest BCUT2D eigenvalue weighted by Crippen LogP contribution is -1.83. The lowest BCUT2D eigenvalue weighted by molar-refractivity contribution is 0.110. The van der Waals surface area contributed by atoms with Crippen molar-refractivity contribution in [2.45, 2.75) is 6.92 Å². The first-order valence-electron chi connectivity index (χ1n) is 4.39. The molecule has 15 heavy (non-hydrogen) atoms. The van der Waals surface area contributed by atoms with E-state index in [1.54, 1.807) is 13.2 Å². The van der Waals surface area contributed by atoms with E-state index in [2.05, 4.69) is 15.9 Å². The minimum Gasteiger partial charge on any atom is -0.493 e. The molecule has 0 aliphatic carbocycles. The van der Waals surface area contributed by atoms with Crippen molar-refractivity contribution in [2.24, 2.45) is 0 Å². The number of carbonyl (C=O) groups excluding carboxylic acids is 1. The van der Waals surface area contributed by atoms with E-state index in [1.807, 2.05) is 13.0 Å². The highest BCUT2D eigenvalue weighted by molar-refractivity contribution is 9.10. The molecule has 0 amide bonds. The van der Waals surface area contributed by atoms with Crippen LogP contribution in [0, 0.1) is 6.92 Å². The van der Waals surface area contributed by atoms with E-state index < -0.39 is 0 Å². The molecule has 0 unspecified atom stereocenters. The SMILES string of the molecule is COc1ccc(Br)c2c(C)c(C=O)oc12. The Morgan fingerprint density at radius 3 is 2.80 bits per heavy atom. The quantitative estimate of drug-likeness (QED) is 0.785. The van der Waals surface area contributed by atoms with Crippen LogP contribution in [-0.4, -0.2) is 13.4 Å². The summed E-state index contributed by atoms with van der Waals surface area (Å²) in [4.78, 5) is 10.8. The number of benzene rings is 1. The van der Waals surface area contributed by atoms with Gasteiger partial charge in [-0.1, -0.05) is 15.9 Å². The van der Waals surface area contributed by atoms with Crippen LogP contribution in [-0.2, 0) is 0 Å². The number of rotatable bonds is 2. The van der Waals surface area contributed by atoms with Crippen molar-refractivity contribution in [1.29, 1.82) is 0 Å². The molecule has 0 N–H and O–H groups in total. The highest BCUT2D eigenvalue weighted by atomic mass is 79.9. The Labute approximate surface area is 95.1 Å². The zero-order chi connectivity index (χ0) is 11.0. The first-order chi connectivity index (χ1) is 7.19. The van der Waals surface area contributed by atoms with Gasteiger partial charge in [-0.3, -0.25) is 4.79 Å². The lowest BCUT2D eigenvalue weighted by Gasteiger charge is -2.01. The van der Waals surface area contributed by atoms with Gasteiger partial charge in [-0.25, -0.2) is 0 Å². The molecule has 1 heterocycles. The van der Waals surface area contributed by atoms with Crippen molar-refractivity contribution >= 4 is 33.2 Å². The number of halogens is 1. The number of ether oxygens (including phenoxy) is 1. The standard InChI is InChI=1S/C11H9BrO3/c1-6-9(5-13)15-11-8(14-2)4-3-7(12)10(6)11/h3-5H,1-2H3. The number of carbonyl (C=O) groups is 1. The second-order valence-electron chi connectivity index (χ2n) is 3.16. The smallest absolute Gasteiger partial charge is 0.185 e. The monoisotopic (exact) mass is 268 g/mol. The van der Waals surface area contributed by atoms with E-state index in [-0.39, 0.29) is 0 Å². The summed E-state index contributed by atoms with van der Waals surface area (Å²) in [5, 5.41) is 0.886. The Kier molecular flexibility index (Phi) is 2.52. The van der Waals surface area contributed by atoms with Gasteiger partial charge in [-0.2, -0.15) is 0 Å². The zero-order valence-corrected chi connectivity index (χ0v) is 9.92. The van der Waals surface area contributed by atoms with Gasteiger partial charge in [0.15, 0.2) is 23.4 Å². The summed E-state index contributed by atoms with van der Waals surface area (Å²) in [6, 6.07) is 3.67. The van der Waals surface area contributed by atoms with Crippen LogP contribution in [0.4, 0.5) is 0 Å². The van der Waals surface area contributed by atoms with Crippen molar-refractivity contribution in [3.63, 3.8) is 0 Å². The average Bonchev–Trinajstić information content (AvgIpc) is 2.57. The molecule has 0 atom stereocenters. The Bertz CT molecular complexity index is 528. The lowest BCUT2D eigenvalue weighted by atomic mass is 10.1. The Morgan fingerprint density at radius 2 is 2.20 bits per heavy atom. The first kappa shape index (κ1) is 10.2. The Hall–Kier alpha value is -1.29. The van der Waals surface area contributed by atoms with Gasteiger partial charge in [-0.15, -0.1) is 0 Å². The van der Waals surface area contributed by atoms with E-state index in [0.29, 0.717) is 23.4 Å². The van der Waals surface area contributed by atoms with Crippen LogP contribution < -0.4 is 4.74 Å². The molecule has 1 aromatic heterocycles. The number of hydrogen-bond acceptors (Lipinski definition) is 3. The average molecular weight is 269 g/mol. The number of fused-ring (bicyclic) bond motifs is 1. The van der Waals surface area contributed by atoms with Gasteiger partial charge in [-0.05, 0) is 19.1 Å². The highest BCUT2D eigenvalue weighted by Crippen LogP contribution is 2.36. The van der Waals surface area contributed by atoms with E-state index >= 15 is 0 Å². The predicted molar refractivity (Wildman–Crippen MR) is 60.6 cm³/mol. The second kappa shape index (κ2) is 3.70. The van der Waals surface area contributed by atoms with Gasteiger partial charge < -0.3 is 9.15 Å². The number of furan rings is 1. The van der Waals surface area contributed by atoms with Gasteiger partial charge in [0.25, 0.3) is 0 Å². The number of hydrogen-bond donors (Lipinski definition) is 0. The normalized spacial score (nSPS) is 10.6. The zero-order valence-electron chi connectivity index (χ0n) is 8.33. The summed E-state index contributed by atoms with van der Waals surface area (Å²) >= 11 is 3.42. The van der Waals surface area contributed by atoms with Gasteiger partial charge >= 0.3 is 0 Å². The molecule has 3 nitrogen and oxygen atoms in total. The molecule has 0 fully saturated rings. The fourth-order valence-corrected chi connectivity index (χ4v) is 2.18. The molecule has 78 valence electrons. The molecule has 0 aliphatic rings. The third-order valence-electron chi connectivity index (χ3n) is 2.35. The van der Waals surface area contributed by atoms with Crippen LogP contribution in [0.1, 0.15) is 16.1 Å². The Balaban J connectivity index is 2.91. The third kappa shape index (κ3) is 1.45. The molecule has 4 heteroatoms. The van der Waals surface area contributed by atoms with Crippen LogP contribution in [0.25, 0.3) is 11.0 Å². The maximum Gasteiger partial charge on any atom is 0.185 e. The van der Waals surface area contributed by atoms with E-state index in [1.165, 1.54) is 0 Å². The number of aryl methyl sites for hydroxylation is 1. The van der Waals surface area contributed by atoms with E-state index in [4.69, 9.17) is 9.15 Å². The third-order valence-corrected chi connectivity index (χ3v) is 3.02.